The van der Waals surface area contributed by atoms with E-state index in [0.717, 1.165) is 33.5 Å². The van der Waals surface area contributed by atoms with Crippen LogP contribution in [0.25, 0.3) is 11.1 Å². The van der Waals surface area contributed by atoms with Crippen LogP contribution in [0.2, 0.25) is 0 Å². The second kappa shape index (κ2) is 10.9. The maximum absolute atomic E-state index is 12.5. The molecule has 0 saturated carbocycles. The molecule has 2 amide bonds. The van der Waals surface area contributed by atoms with Crippen LogP contribution in [0, 0.1) is 20.8 Å². The van der Waals surface area contributed by atoms with Gasteiger partial charge in [0.15, 0.2) is 0 Å². The summed E-state index contributed by atoms with van der Waals surface area (Å²) in [6.45, 7) is 8.26. The SMILES string of the molecule is Cc1cc(C)c(NC(=O)CN(C)CC(=O)N[C@H](C)c2ccc(-c3ccccc3)cc2)c(C)c1. The molecular formula is C28H33N3O2. The zero-order valence-corrected chi connectivity index (χ0v) is 20.1. The van der Waals surface area contributed by atoms with Crippen molar-refractivity contribution in [1.82, 2.24) is 10.2 Å². The van der Waals surface area contributed by atoms with Crippen LogP contribution in [0.5, 0.6) is 0 Å². The van der Waals surface area contributed by atoms with Gasteiger partial charge in [-0.1, -0.05) is 72.3 Å². The Balaban J connectivity index is 1.50. The van der Waals surface area contributed by atoms with Crippen molar-refractivity contribution in [2.24, 2.45) is 0 Å². The van der Waals surface area contributed by atoms with E-state index < -0.39 is 0 Å². The van der Waals surface area contributed by atoms with Gasteiger partial charge in [-0.2, -0.15) is 0 Å². The molecule has 0 aromatic heterocycles. The highest BCUT2D eigenvalue weighted by atomic mass is 16.2. The fraction of sp³-hybridized carbons (Fsp3) is 0.286. The highest BCUT2D eigenvalue weighted by Gasteiger charge is 2.15. The van der Waals surface area contributed by atoms with Crippen LogP contribution in [0.4, 0.5) is 5.69 Å². The molecule has 0 bridgehead atoms. The number of nitrogens with zero attached hydrogens (tertiary/aromatic N) is 1. The monoisotopic (exact) mass is 443 g/mol. The minimum Gasteiger partial charge on any atom is -0.348 e. The molecule has 0 radical (unpaired) electrons. The Bertz CT molecular complexity index is 1080. The van der Waals surface area contributed by atoms with Crippen molar-refractivity contribution in [3.8, 4) is 11.1 Å². The molecule has 0 fully saturated rings. The van der Waals surface area contributed by atoms with E-state index in [0.29, 0.717) is 0 Å². The molecule has 0 aliphatic rings. The number of carbonyl (C=O) groups is 2. The lowest BCUT2D eigenvalue weighted by Crippen LogP contribution is -2.39. The van der Waals surface area contributed by atoms with Gasteiger partial charge in [0.25, 0.3) is 0 Å². The Hall–Kier alpha value is -3.44. The van der Waals surface area contributed by atoms with E-state index in [9.17, 15) is 9.59 Å². The van der Waals surface area contributed by atoms with Gasteiger partial charge in [-0.15, -0.1) is 0 Å². The van der Waals surface area contributed by atoms with Crippen LogP contribution in [-0.2, 0) is 9.59 Å². The van der Waals surface area contributed by atoms with E-state index in [-0.39, 0.29) is 30.9 Å². The van der Waals surface area contributed by atoms with Crippen molar-refractivity contribution in [2.75, 3.05) is 25.5 Å². The molecule has 3 aromatic rings. The molecule has 3 rings (SSSR count). The predicted octanol–water partition coefficient (Wildman–Crippen LogP) is 5.03. The summed E-state index contributed by atoms with van der Waals surface area (Å²) in [6, 6.07) is 22.4. The third-order valence-electron chi connectivity index (χ3n) is 5.66. The Morgan fingerprint density at radius 3 is 1.97 bits per heavy atom. The first-order valence-electron chi connectivity index (χ1n) is 11.2. The molecule has 3 aromatic carbocycles. The molecule has 2 N–H and O–H groups in total. The van der Waals surface area contributed by atoms with Gasteiger partial charge < -0.3 is 10.6 Å². The molecule has 33 heavy (non-hydrogen) atoms. The summed E-state index contributed by atoms with van der Waals surface area (Å²) in [6.07, 6.45) is 0. The molecule has 0 aliphatic carbocycles. The average Bonchev–Trinajstić information content (AvgIpc) is 2.76. The number of benzene rings is 3. The summed E-state index contributed by atoms with van der Waals surface area (Å²) in [5, 5.41) is 6.00. The van der Waals surface area contributed by atoms with E-state index in [1.54, 1.807) is 11.9 Å². The van der Waals surface area contributed by atoms with Gasteiger partial charge in [-0.05, 0) is 62.6 Å². The Morgan fingerprint density at radius 1 is 0.818 bits per heavy atom. The van der Waals surface area contributed by atoms with Gasteiger partial charge in [-0.25, -0.2) is 0 Å². The maximum Gasteiger partial charge on any atom is 0.238 e. The van der Waals surface area contributed by atoms with Gasteiger partial charge in [0.05, 0.1) is 19.1 Å². The minimum absolute atomic E-state index is 0.118. The number of hydrogen-bond donors (Lipinski definition) is 2. The lowest BCUT2D eigenvalue weighted by atomic mass is 10.0. The minimum atomic E-state index is -0.134. The van der Waals surface area contributed by atoms with E-state index in [2.05, 4.69) is 34.9 Å². The summed E-state index contributed by atoms with van der Waals surface area (Å²) in [5.74, 6) is -0.252. The number of anilines is 1. The molecule has 5 heteroatoms. The Labute approximate surface area is 196 Å². The topological polar surface area (TPSA) is 61.4 Å². The van der Waals surface area contributed by atoms with E-state index in [1.165, 1.54) is 5.56 Å². The van der Waals surface area contributed by atoms with Gasteiger partial charge in [-0.3, -0.25) is 14.5 Å². The first-order chi connectivity index (χ1) is 15.7. The van der Waals surface area contributed by atoms with Gasteiger partial charge >= 0.3 is 0 Å². The van der Waals surface area contributed by atoms with Crippen molar-refractivity contribution in [2.45, 2.75) is 33.7 Å². The van der Waals surface area contributed by atoms with Crippen molar-refractivity contribution in [1.29, 1.82) is 0 Å². The largest absolute Gasteiger partial charge is 0.348 e. The first-order valence-corrected chi connectivity index (χ1v) is 11.2. The standard InChI is InChI=1S/C28H33N3O2/c1-19-15-20(2)28(21(3)16-19)30-27(33)18-31(5)17-26(32)29-22(4)23-11-13-25(14-12-23)24-9-7-6-8-10-24/h6-16,22H,17-18H2,1-5H3,(H,29,32)(H,30,33)/t22-/m1/s1. The normalized spacial score (nSPS) is 11.8. The molecule has 1 atom stereocenters. The zero-order chi connectivity index (χ0) is 24.0. The van der Waals surface area contributed by atoms with Crippen molar-refractivity contribution in [3.05, 3.63) is 89.0 Å². The molecule has 0 spiro atoms. The molecule has 0 heterocycles. The van der Waals surface area contributed by atoms with Crippen molar-refractivity contribution >= 4 is 17.5 Å². The van der Waals surface area contributed by atoms with E-state index in [1.807, 2.05) is 70.2 Å². The highest BCUT2D eigenvalue weighted by Crippen LogP contribution is 2.23. The summed E-state index contributed by atoms with van der Waals surface area (Å²) in [5.41, 5.74) is 7.42. The second-order valence-electron chi connectivity index (χ2n) is 8.77. The molecule has 0 aliphatic heterocycles. The number of hydrogen-bond acceptors (Lipinski definition) is 3. The quantitative estimate of drug-likeness (QED) is 0.514. The lowest BCUT2D eigenvalue weighted by molar-refractivity contribution is -0.123. The number of carbonyl (C=O) groups excluding carboxylic acids is 2. The smallest absolute Gasteiger partial charge is 0.238 e. The molecule has 172 valence electrons. The van der Waals surface area contributed by atoms with Crippen molar-refractivity contribution in [3.63, 3.8) is 0 Å². The molecule has 5 nitrogen and oxygen atoms in total. The van der Waals surface area contributed by atoms with E-state index in [4.69, 9.17) is 0 Å². The van der Waals surface area contributed by atoms with Crippen LogP contribution in [0.1, 0.15) is 35.2 Å². The zero-order valence-electron chi connectivity index (χ0n) is 20.1. The number of nitrogens with one attached hydrogen (secondary N) is 2. The summed E-state index contributed by atoms with van der Waals surface area (Å²) < 4.78 is 0. The number of rotatable bonds is 8. The van der Waals surface area contributed by atoms with Crippen LogP contribution in [0.15, 0.2) is 66.7 Å². The first kappa shape index (κ1) is 24.2. The molecule has 0 unspecified atom stereocenters. The Morgan fingerprint density at radius 2 is 1.36 bits per heavy atom. The maximum atomic E-state index is 12.5. The number of amides is 2. The molecule has 0 saturated heterocycles. The van der Waals surface area contributed by atoms with Crippen LogP contribution in [0.3, 0.4) is 0 Å². The third kappa shape index (κ3) is 6.77. The third-order valence-corrected chi connectivity index (χ3v) is 5.66. The fourth-order valence-electron chi connectivity index (χ4n) is 4.07. The van der Waals surface area contributed by atoms with Crippen LogP contribution < -0.4 is 10.6 Å². The summed E-state index contributed by atoms with van der Waals surface area (Å²) in [7, 11) is 1.77. The molecular weight excluding hydrogens is 410 g/mol. The van der Waals surface area contributed by atoms with Crippen LogP contribution >= 0.6 is 0 Å². The predicted molar refractivity (Wildman–Crippen MR) is 135 cm³/mol. The van der Waals surface area contributed by atoms with Crippen LogP contribution in [-0.4, -0.2) is 36.9 Å². The second-order valence-corrected chi connectivity index (χ2v) is 8.77. The fourth-order valence-corrected chi connectivity index (χ4v) is 4.07. The summed E-state index contributed by atoms with van der Waals surface area (Å²) in [4.78, 5) is 26.7. The Kier molecular flexibility index (Phi) is 8.01. The number of aryl methyl sites for hydroxylation is 3. The number of likely N-dealkylation sites (N-methyl/N-ethyl adjacent to an activating group) is 1. The van der Waals surface area contributed by atoms with Gasteiger partial charge in [0, 0.05) is 5.69 Å². The van der Waals surface area contributed by atoms with E-state index >= 15 is 0 Å². The van der Waals surface area contributed by atoms with Gasteiger partial charge in [0.1, 0.15) is 0 Å². The van der Waals surface area contributed by atoms with Gasteiger partial charge in [0.2, 0.25) is 11.8 Å². The lowest BCUT2D eigenvalue weighted by Gasteiger charge is -2.20. The summed E-state index contributed by atoms with van der Waals surface area (Å²) >= 11 is 0. The average molecular weight is 444 g/mol. The van der Waals surface area contributed by atoms with Crippen molar-refractivity contribution < 1.29 is 9.59 Å². The highest BCUT2D eigenvalue weighted by molar-refractivity contribution is 5.94.